The highest BCUT2D eigenvalue weighted by Gasteiger charge is 2.21. The number of para-hydroxylation sites is 1. The Morgan fingerprint density at radius 3 is 2.62 bits per heavy atom. The van der Waals surface area contributed by atoms with Gasteiger partial charge in [-0.25, -0.2) is 0 Å². The Morgan fingerprint density at radius 1 is 1.12 bits per heavy atom. The van der Waals surface area contributed by atoms with Gasteiger partial charge in [-0.15, -0.1) is 0 Å². The summed E-state index contributed by atoms with van der Waals surface area (Å²) < 4.78 is 0. The van der Waals surface area contributed by atoms with Crippen LogP contribution in [0.3, 0.4) is 0 Å². The number of hydrogen-bond acceptors (Lipinski definition) is 2. The number of nitrogens with one attached hydrogen (secondary N) is 3. The van der Waals surface area contributed by atoms with Crippen molar-refractivity contribution >= 4 is 51.6 Å². The summed E-state index contributed by atoms with van der Waals surface area (Å²) in [6.07, 6.45) is 2.21. The number of carbonyl (C=O) groups is 2. The van der Waals surface area contributed by atoms with Gasteiger partial charge in [-0.05, 0) is 29.8 Å². The van der Waals surface area contributed by atoms with Crippen molar-refractivity contribution in [1.82, 2.24) is 10.3 Å². The molecule has 1 aromatic heterocycles. The number of halogens is 2. The molecular weight excluding hydrogens is 373 g/mol. The van der Waals surface area contributed by atoms with E-state index in [4.69, 9.17) is 23.2 Å². The Hall–Kier alpha value is -2.50. The van der Waals surface area contributed by atoms with E-state index in [1.54, 1.807) is 18.2 Å². The minimum absolute atomic E-state index is 0.279. The summed E-state index contributed by atoms with van der Waals surface area (Å²) in [5.74, 6) is -0.608. The van der Waals surface area contributed by atoms with Gasteiger partial charge in [-0.1, -0.05) is 41.4 Å². The number of carbonyl (C=O) groups excluding carboxylic acids is 2. The second-order valence-electron chi connectivity index (χ2n) is 5.93. The van der Waals surface area contributed by atoms with Crippen molar-refractivity contribution in [2.24, 2.45) is 0 Å². The molecule has 0 saturated heterocycles. The van der Waals surface area contributed by atoms with Crippen LogP contribution in [0.1, 0.15) is 12.5 Å². The van der Waals surface area contributed by atoms with Gasteiger partial charge in [0, 0.05) is 36.1 Å². The highest BCUT2D eigenvalue weighted by Crippen LogP contribution is 2.25. The minimum atomic E-state index is -0.721. The number of aromatic amines is 1. The zero-order valence-electron chi connectivity index (χ0n) is 14.0. The summed E-state index contributed by atoms with van der Waals surface area (Å²) in [7, 11) is 0. The molecule has 3 N–H and O–H groups in total. The van der Waals surface area contributed by atoms with Crippen molar-refractivity contribution in [1.29, 1.82) is 0 Å². The molecule has 26 heavy (non-hydrogen) atoms. The average Bonchev–Trinajstić information content (AvgIpc) is 3.00. The van der Waals surface area contributed by atoms with Crippen molar-refractivity contribution in [3.8, 4) is 0 Å². The molecule has 0 saturated carbocycles. The molecule has 2 aromatic carbocycles. The maximum atomic E-state index is 12.7. The maximum absolute atomic E-state index is 12.7. The molecule has 0 radical (unpaired) electrons. The van der Waals surface area contributed by atoms with Crippen molar-refractivity contribution in [3.05, 3.63) is 64.3 Å². The molecule has 0 spiro atoms. The first kappa shape index (κ1) is 18.3. The second kappa shape index (κ2) is 7.81. The first-order valence-electron chi connectivity index (χ1n) is 8.02. The predicted molar refractivity (Wildman–Crippen MR) is 105 cm³/mol. The zero-order chi connectivity index (χ0) is 18.7. The molecule has 5 nitrogen and oxygen atoms in total. The first-order chi connectivity index (χ1) is 12.4. The van der Waals surface area contributed by atoms with Crippen molar-refractivity contribution < 1.29 is 9.59 Å². The van der Waals surface area contributed by atoms with E-state index in [-0.39, 0.29) is 11.8 Å². The summed E-state index contributed by atoms with van der Waals surface area (Å²) in [6, 6.07) is 11.9. The van der Waals surface area contributed by atoms with Gasteiger partial charge in [0.2, 0.25) is 11.8 Å². The van der Waals surface area contributed by atoms with E-state index in [2.05, 4.69) is 15.6 Å². The molecule has 134 valence electrons. The molecule has 3 aromatic rings. The van der Waals surface area contributed by atoms with Crippen LogP contribution in [0.2, 0.25) is 10.0 Å². The smallest absolute Gasteiger partial charge is 0.247 e. The lowest BCUT2D eigenvalue weighted by atomic mass is 10.0. The van der Waals surface area contributed by atoms with Crippen LogP contribution in [-0.4, -0.2) is 22.8 Å². The number of H-pyrrole nitrogens is 1. The monoisotopic (exact) mass is 389 g/mol. The van der Waals surface area contributed by atoms with E-state index < -0.39 is 6.04 Å². The van der Waals surface area contributed by atoms with E-state index in [9.17, 15) is 9.59 Å². The Kier molecular flexibility index (Phi) is 5.49. The molecule has 1 heterocycles. The van der Waals surface area contributed by atoms with E-state index in [0.29, 0.717) is 22.2 Å². The Bertz CT molecular complexity index is 968. The van der Waals surface area contributed by atoms with Crippen molar-refractivity contribution in [2.45, 2.75) is 19.4 Å². The van der Waals surface area contributed by atoms with Crippen LogP contribution in [0.5, 0.6) is 0 Å². The van der Waals surface area contributed by atoms with Gasteiger partial charge < -0.3 is 15.6 Å². The molecule has 2 amide bonds. The summed E-state index contributed by atoms with van der Waals surface area (Å²) in [5, 5.41) is 7.24. The van der Waals surface area contributed by atoms with Crippen LogP contribution in [0.25, 0.3) is 10.9 Å². The number of benzene rings is 2. The van der Waals surface area contributed by atoms with E-state index >= 15 is 0 Å². The third-order valence-electron chi connectivity index (χ3n) is 3.98. The van der Waals surface area contributed by atoms with E-state index in [0.717, 1.165) is 16.5 Å². The molecule has 1 unspecified atom stereocenters. The van der Waals surface area contributed by atoms with E-state index in [1.807, 2.05) is 30.5 Å². The minimum Gasteiger partial charge on any atom is -0.361 e. The van der Waals surface area contributed by atoms with Crippen molar-refractivity contribution in [2.75, 3.05) is 5.32 Å². The number of hydrogen-bond donors (Lipinski definition) is 3. The van der Waals surface area contributed by atoms with Gasteiger partial charge in [0.05, 0.1) is 10.0 Å². The van der Waals surface area contributed by atoms with Crippen LogP contribution in [-0.2, 0) is 16.0 Å². The Balaban J connectivity index is 1.81. The normalized spacial score (nSPS) is 12.0. The Morgan fingerprint density at radius 2 is 1.88 bits per heavy atom. The van der Waals surface area contributed by atoms with Gasteiger partial charge in [0.15, 0.2) is 0 Å². The van der Waals surface area contributed by atoms with Gasteiger partial charge in [0.25, 0.3) is 0 Å². The number of aromatic nitrogens is 1. The molecule has 3 rings (SSSR count). The highest BCUT2D eigenvalue weighted by atomic mass is 35.5. The van der Waals surface area contributed by atoms with Gasteiger partial charge in [0.1, 0.15) is 6.04 Å². The number of anilines is 1. The van der Waals surface area contributed by atoms with Gasteiger partial charge in [-0.2, -0.15) is 0 Å². The van der Waals surface area contributed by atoms with Crippen LogP contribution >= 0.6 is 23.2 Å². The van der Waals surface area contributed by atoms with Crippen LogP contribution in [0.4, 0.5) is 5.69 Å². The molecule has 1 atom stereocenters. The molecule has 0 aliphatic carbocycles. The molecular formula is C19H17Cl2N3O2. The lowest BCUT2D eigenvalue weighted by molar-refractivity contribution is -0.125. The molecule has 0 aliphatic heterocycles. The fourth-order valence-electron chi connectivity index (χ4n) is 2.78. The lowest BCUT2D eigenvalue weighted by Crippen LogP contribution is -2.44. The topological polar surface area (TPSA) is 74.0 Å². The quantitative estimate of drug-likeness (QED) is 0.612. The third-order valence-corrected chi connectivity index (χ3v) is 4.72. The SMILES string of the molecule is CC(=O)NC(Cc1c[nH]c2ccccc12)C(=O)Nc1ccc(Cl)c(Cl)c1. The van der Waals surface area contributed by atoms with Gasteiger partial charge >= 0.3 is 0 Å². The third kappa shape index (κ3) is 4.18. The number of fused-ring (bicyclic) bond motifs is 1. The van der Waals surface area contributed by atoms with E-state index in [1.165, 1.54) is 6.92 Å². The summed E-state index contributed by atoms with van der Waals surface area (Å²) in [6.45, 7) is 1.38. The zero-order valence-corrected chi connectivity index (χ0v) is 15.5. The molecule has 7 heteroatoms. The predicted octanol–water partition coefficient (Wildman–Crippen LogP) is 4.16. The standard InChI is InChI=1S/C19H17Cl2N3O2/c1-11(25)23-18(8-12-10-22-17-5-3-2-4-14(12)17)19(26)24-13-6-7-15(20)16(21)9-13/h2-7,9-10,18,22H,8H2,1H3,(H,23,25)(H,24,26). The largest absolute Gasteiger partial charge is 0.361 e. The summed E-state index contributed by atoms with van der Waals surface area (Å²) in [5.41, 5.74) is 2.44. The van der Waals surface area contributed by atoms with Crippen LogP contribution in [0, 0.1) is 0 Å². The number of rotatable bonds is 5. The summed E-state index contributed by atoms with van der Waals surface area (Å²) >= 11 is 11.9. The van der Waals surface area contributed by atoms with Crippen molar-refractivity contribution in [3.63, 3.8) is 0 Å². The molecule has 0 bridgehead atoms. The summed E-state index contributed by atoms with van der Waals surface area (Å²) in [4.78, 5) is 27.4. The molecule has 0 fully saturated rings. The fraction of sp³-hybridized carbons (Fsp3) is 0.158. The van der Waals surface area contributed by atoms with Crippen LogP contribution < -0.4 is 10.6 Å². The fourth-order valence-corrected chi connectivity index (χ4v) is 3.08. The van der Waals surface area contributed by atoms with Crippen LogP contribution in [0.15, 0.2) is 48.7 Å². The number of amides is 2. The maximum Gasteiger partial charge on any atom is 0.247 e. The second-order valence-corrected chi connectivity index (χ2v) is 6.75. The Labute approximate surface area is 160 Å². The molecule has 0 aliphatic rings. The average molecular weight is 390 g/mol. The van der Waals surface area contributed by atoms with Gasteiger partial charge in [-0.3, -0.25) is 9.59 Å². The first-order valence-corrected chi connectivity index (χ1v) is 8.77. The lowest BCUT2D eigenvalue weighted by Gasteiger charge is -2.17. The highest BCUT2D eigenvalue weighted by molar-refractivity contribution is 6.42.